The quantitative estimate of drug-likeness (QED) is 0.758. The van der Waals surface area contributed by atoms with Crippen LogP contribution in [-0.2, 0) is 17.9 Å². The van der Waals surface area contributed by atoms with E-state index in [1.807, 2.05) is 13.2 Å². The minimum atomic E-state index is -0.643. The summed E-state index contributed by atoms with van der Waals surface area (Å²) in [4.78, 5) is 0. The van der Waals surface area contributed by atoms with E-state index in [1.54, 1.807) is 18.9 Å². The number of rotatable bonds is 8. The summed E-state index contributed by atoms with van der Waals surface area (Å²) in [6.07, 6.45) is 2.00. The Kier molecular flexibility index (Phi) is 6.71. The van der Waals surface area contributed by atoms with Gasteiger partial charge >= 0.3 is 0 Å². The third kappa shape index (κ3) is 5.87. The first kappa shape index (κ1) is 15.5. The molecule has 3 nitrogen and oxygen atoms in total. The Balaban J connectivity index is 2.35. The van der Waals surface area contributed by atoms with Crippen LogP contribution in [0.1, 0.15) is 18.1 Å². The minimum Gasteiger partial charge on any atom is -0.388 e. The number of aliphatic hydroxyl groups is 1. The normalized spacial score (nSPS) is 14.4. The summed E-state index contributed by atoms with van der Waals surface area (Å²) in [6.45, 7) is 3.89. The van der Waals surface area contributed by atoms with Gasteiger partial charge in [0.1, 0.15) is 0 Å². The zero-order chi connectivity index (χ0) is 13.4. The number of hydrogen-bond donors (Lipinski definition) is 2. The summed E-state index contributed by atoms with van der Waals surface area (Å²) in [7, 11) is 1.70. The Morgan fingerprint density at radius 1 is 1.28 bits per heavy atom. The molecule has 1 aromatic rings. The van der Waals surface area contributed by atoms with E-state index >= 15 is 0 Å². The number of methoxy groups -OCH3 is 1. The fourth-order valence-electron chi connectivity index (χ4n) is 1.76. The first-order valence-electron chi connectivity index (χ1n) is 6.06. The Hall–Kier alpha value is -0.550. The Labute approximate surface area is 114 Å². The van der Waals surface area contributed by atoms with Crippen LogP contribution in [0.15, 0.2) is 24.3 Å². The van der Waals surface area contributed by atoms with E-state index in [-0.39, 0.29) is 0 Å². The summed E-state index contributed by atoms with van der Waals surface area (Å²) < 4.78 is 5.07. The van der Waals surface area contributed by atoms with Gasteiger partial charge in [-0.1, -0.05) is 24.3 Å². The van der Waals surface area contributed by atoms with Gasteiger partial charge in [0.2, 0.25) is 0 Å². The molecule has 18 heavy (non-hydrogen) atoms. The molecule has 0 bridgehead atoms. The summed E-state index contributed by atoms with van der Waals surface area (Å²) in [5.74, 6) is 0.743. The van der Waals surface area contributed by atoms with Gasteiger partial charge < -0.3 is 15.2 Å². The van der Waals surface area contributed by atoms with Crippen molar-refractivity contribution < 1.29 is 9.84 Å². The molecule has 0 aliphatic heterocycles. The molecule has 1 atom stereocenters. The fourth-order valence-corrected chi connectivity index (χ4v) is 2.48. The standard InChI is InChI=1S/C14H23NO2S/c1-14(16,11-18-3)10-15-8-12-4-6-13(7-5-12)9-17-2/h4-7,15-16H,8-11H2,1-3H3. The second kappa shape index (κ2) is 7.79. The molecule has 1 unspecified atom stereocenters. The predicted molar refractivity (Wildman–Crippen MR) is 77.9 cm³/mol. The lowest BCUT2D eigenvalue weighted by Crippen LogP contribution is -2.39. The van der Waals surface area contributed by atoms with Crippen LogP contribution in [-0.4, -0.2) is 36.4 Å². The Morgan fingerprint density at radius 3 is 2.44 bits per heavy atom. The van der Waals surface area contributed by atoms with Gasteiger partial charge in [-0.2, -0.15) is 11.8 Å². The third-order valence-electron chi connectivity index (χ3n) is 2.62. The van der Waals surface area contributed by atoms with Crippen LogP contribution in [0.2, 0.25) is 0 Å². The van der Waals surface area contributed by atoms with Crippen LogP contribution >= 0.6 is 11.8 Å². The molecule has 0 saturated heterocycles. The molecule has 0 radical (unpaired) electrons. The van der Waals surface area contributed by atoms with E-state index in [9.17, 15) is 5.11 Å². The van der Waals surface area contributed by atoms with Crippen LogP contribution in [0.4, 0.5) is 0 Å². The molecular formula is C14H23NO2S. The maximum absolute atomic E-state index is 10.0. The molecular weight excluding hydrogens is 246 g/mol. The smallest absolute Gasteiger partial charge is 0.0833 e. The van der Waals surface area contributed by atoms with Crippen molar-refractivity contribution in [3.05, 3.63) is 35.4 Å². The Morgan fingerprint density at radius 2 is 1.89 bits per heavy atom. The van der Waals surface area contributed by atoms with E-state index in [0.717, 1.165) is 12.3 Å². The first-order valence-corrected chi connectivity index (χ1v) is 7.45. The highest BCUT2D eigenvalue weighted by Crippen LogP contribution is 2.10. The molecule has 0 spiro atoms. The second-order valence-corrected chi connectivity index (χ2v) is 5.65. The monoisotopic (exact) mass is 269 g/mol. The van der Waals surface area contributed by atoms with Crippen molar-refractivity contribution in [3.63, 3.8) is 0 Å². The topological polar surface area (TPSA) is 41.5 Å². The van der Waals surface area contributed by atoms with Crippen LogP contribution < -0.4 is 5.32 Å². The molecule has 0 fully saturated rings. The van der Waals surface area contributed by atoms with Gasteiger partial charge in [-0.3, -0.25) is 0 Å². The van der Waals surface area contributed by atoms with Crippen LogP contribution in [0.3, 0.4) is 0 Å². The van der Waals surface area contributed by atoms with E-state index in [0.29, 0.717) is 13.2 Å². The van der Waals surface area contributed by atoms with Crippen LogP contribution in [0.25, 0.3) is 0 Å². The zero-order valence-electron chi connectivity index (χ0n) is 11.4. The van der Waals surface area contributed by atoms with Gasteiger partial charge in [0.25, 0.3) is 0 Å². The maximum atomic E-state index is 10.0. The average molecular weight is 269 g/mol. The molecule has 1 aromatic carbocycles. The molecule has 0 amide bonds. The fraction of sp³-hybridized carbons (Fsp3) is 0.571. The SMILES string of the molecule is COCc1ccc(CNCC(C)(O)CSC)cc1. The first-order chi connectivity index (χ1) is 8.57. The van der Waals surface area contributed by atoms with Gasteiger partial charge in [0.05, 0.1) is 12.2 Å². The lowest BCUT2D eigenvalue weighted by molar-refractivity contribution is 0.0846. The molecule has 0 saturated carbocycles. The summed E-state index contributed by atoms with van der Waals surface area (Å²) in [5.41, 5.74) is 1.75. The van der Waals surface area contributed by atoms with Gasteiger partial charge in [0, 0.05) is 26.0 Å². The van der Waals surface area contributed by atoms with E-state index < -0.39 is 5.60 Å². The summed E-state index contributed by atoms with van der Waals surface area (Å²) >= 11 is 1.66. The molecule has 2 N–H and O–H groups in total. The maximum Gasteiger partial charge on any atom is 0.0833 e. The van der Waals surface area contributed by atoms with Crippen molar-refractivity contribution >= 4 is 11.8 Å². The van der Waals surface area contributed by atoms with E-state index in [1.165, 1.54) is 11.1 Å². The molecule has 1 rings (SSSR count). The van der Waals surface area contributed by atoms with Crippen molar-refractivity contribution in [3.8, 4) is 0 Å². The van der Waals surface area contributed by atoms with Gasteiger partial charge in [0.15, 0.2) is 0 Å². The molecule has 4 heteroatoms. The predicted octanol–water partition coefficient (Wildman–Crippen LogP) is 2.04. The number of ether oxygens (including phenoxy) is 1. The summed E-state index contributed by atoms with van der Waals surface area (Å²) in [5, 5.41) is 13.3. The van der Waals surface area contributed by atoms with Crippen molar-refractivity contribution in [1.29, 1.82) is 0 Å². The highest BCUT2D eigenvalue weighted by Gasteiger charge is 2.18. The average Bonchev–Trinajstić information content (AvgIpc) is 2.31. The van der Waals surface area contributed by atoms with Gasteiger partial charge in [-0.25, -0.2) is 0 Å². The van der Waals surface area contributed by atoms with Crippen molar-refractivity contribution in [2.75, 3.05) is 25.7 Å². The van der Waals surface area contributed by atoms with Gasteiger partial charge in [-0.15, -0.1) is 0 Å². The number of hydrogen-bond acceptors (Lipinski definition) is 4. The van der Waals surface area contributed by atoms with Crippen LogP contribution in [0.5, 0.6) is 0 Å². The lowest BCUT2D eigenvalue weighted by Gasteiger charge is -2.22. The highest BCUT2D eigenvalue weighted by molar-refractivity contribution is 7.98. The van der Waals surface area contributed by atoms with Crippen molar-refractivity contribution in [1.82, 2.24) is 5.32 Å². The Bertz CT molecular complexity index is 338. The second-order valence-electron chi connectivity index (χ2n) is 4.78. The molecule has 0 aromatic heterocycles. The molecule has 102 valence electrons. The number of thioether (sulfide) groups is 1. The van der Waals surface area contributed by atoms with E-state index in [4.69, 9.17) is 4.74 Å². The highest BCUT2D eigenvalue weighted by atomic mass is 32.2. The van der Waals surface area contributed by atoms with E-state index in [2.05, 4.69) is 29.6 Å². The largest absolute Gasteiger partial charge is 0.388 e. The van der Waals surface area contributed by atoms with Gasteiger partial charge in [-0.05, 0) is 24.3 Å². The van der Waals surface area contributed by atoms with Crippen molar-refractivity contribution in [2.24, 2.45) is 0 Å². The van der Waals surface area contributed by atoms with Crippen LogP contribution in [0, 0.1) is 0 Å². The number of benzene rings is 1. The molecule has 0 aliphatic carbocycles. The molecule has 0 aliphatic rings. The minimum absolute atomic E-state index is 0.605. The summed E-state index contributed by atoms with van der Waals surface area (Å²) in [6, 6.07) is 8.32. The van der Waals surface area contributed by atoms with Crippen molar-refractivity contribution in [2.45, 2.75) is 25.7 Å². The lowest BCUT2D eigenvalue weighted by atomic mass is 10.1. The zero-order valence-corrected chi connectivity index (χ0v) is 12.2. The molecule has 0 heterocycles. The third-order valence-corrected chi connectivity index (χ3v) is 3.53. The number of nitrogens with one attached hydrogen (secondary N) is 1.